The Balaban J connectivity index is 0.00000272. The largest absolute Gasteiger partial charge is 1.00 e. The molecule has 0 fully saturated rings. The molecule has 11 nitrogen and oxygen atoms in total. The zero-order valence-electron chi connectivity index (χ0n) is 18.3. The maximum absolute atomic E-state index is 12.2. The van der Waals surface area contributed by atoms with Crippen molar-refractivity contribution in [2.45, 2.75) is 31.7 Å². The van der Waals surface area contributed by atoms with Crippen LogP contribution in [0.4, 0.5) is 0 Å². The number of nitrogens with zero attached hydrogens (tertiary/aromatic N) is 2. The predicted octanol–water partition coefficient (Wildman–Crippen LogP) is -8.64. The van der Waals surface area contributed by atoms with Gasteiger partial charge < -0.3 is 30.9 Å². The Morgan fingerprint density at radius 1 is 1.12 bits per heavy atom. The minimum Gasteiger partial charge on any atom is -0.550 e. The Hall–Kier alpha value is -2.02. The Bertz CT molecular complexity index is 1020. The van der Waals surface area contributed by atoms with Crippen molar-refractivity contribution in [1.82, 2.24) is 10.6 Å². The van der Waals surface area contributed by atoms with E-state index in [0.29, 0.717) is 18.7 Å². The Labute approximate surface area is 233 Å². The van der Waals surface area contributed by atoms with Crippen LogP contribution < -0.4 is 85.7 Å². The second kappa shape index (κ2) is 13.0. The molecule has 2 atom stereocenters. The Kier molecular flexibility index (Phi) is 11.4. The van der Waals surface area contributed by atoms with Crippen LogP contribution in [-0.4, -0.2) is 41.6 Å². The third-order valence-corrected chi connectivity index (χ3v) is 4.89. The second-order valence-corrected chi connectivity index (χ2v) is 7.06. The molecular formula is C20H19N5Na2O6. The number of hydrogen-bond donors (Lipinski definition) is 3. The van der Waals surface area contributed by atoms with Crippen LogP contribution in [0.5, 0.6) is 0 Å². The van der Waals surface area contributed by atoms with Crippen molar-refractivity contribution >= 4 is 35.5 Å². The maximum atomic E-state index is 12.2. The van der Waals surface area contributed by atoms with E-state index in [4.69, 9.17) is 5.73 Å². The third kappa shape index (κ3) is 7.76. The summed E-state index contributed by atoms with van der Waals surface area (Å²) in [5.74, 6) is -4.10. The van der Waals surface area contributed by atoms with Gasteiger partial charge in [0.15, 0.2) is 0 Å². The first-order valence-electron chi connectivity index (χ1n) is 9.46. The van der Waals surface area contributed by atoms with Gasteiger partial charge in [0.05, 0.1) is 12.0 Å². The molecule has 33 heavy (non-hydrogen) atoms. The number of nitrogens with two attached hydrogens (primary N) is 1. The van der Waals surface area contributed by atoms with Gasteiger partial charge in [0.25, 0.3) is 5.91 Å². The van der Waals surface area contributed by atoms with Crippen LogP contribution in [0.1, 0.15) is 35.2 Å². The molecule has 0 aromatic heterocycles. The smallest absolute Gasteiger partial charge is 0.550 e. The van der Waals surface area contributed by atoms with Gasteiger partial charge in [-0.15, -0.1) is 0 Å². The zero-order valence-corrected chi connectivity index (χ0v) is 22.3. The molecule has 0 radical (unpaired) electrons. The number of aliphatic imine (C=N–C) groups is 2. The summed E-state index contributed by atoms with van der Waals surface area (Å²) in [6.45, 7) is 0. The van der Waals surface area contributed by atoms with Crippen LogP contribution in [0.3, 0.4) is 0 Å². The number of aliphatic carboxylic acids is 2. The van der Waals surface area contributed by atoms with Gasteiger partial charge >= 0.3 is 59.1 Å². The molecule has 1 aromatic carbocycles. The van der Waals surface area contributed by atoms with E-state index in [-0.39, 0.29) is 83.0 Å². The summed E-state index contributed by atoms with van der Waals surface area (Å²) in [5, 5.41) is 26.3. The monoisotopic (exact) mass is 471 g/mol. The fraction of sp³-hybridized carbons (Fsp3) is 0.300. The number of rotatable bonds is 9. The molecule has 1 unspecified atom stereocenters. The number of benzene rings is 1. The van der Waals surface area contributed by atoms with E-state index >= 15 is 0 Å². The Morgan fingerprint density at radius 3 is 2.39 bits per heavy atom. The molecule has 2 amide bonds. The van der Waals surface area contributed by atoms with E-state index in [1.807, 2.05) is 0 Å². The minimum absolute atomic E-state index is 0. The van der Waals surface area contributed by atoms with E-state index in [9.17, 15) is 29.4 Å². The van der Waals surface area contributed by atoms with Gasteiger partial charge in [-0.05, 0) is 49.0 Å². The minimum atomic E-state index is -1.57. The average molecular weight is 471 g/mol. The number of hydrogen-bond acceptors (Lipinski definition) is 9. The van der Waals surface area contributed by atoms with E-state index in [1.54, 1.807) is 18.3 Å². The van der Waals surface area contributed by atoms with E-state index in [1.165, 1.54) is 12.1 Å². The molecule has 0 aliphatic carbocycles. The summed E-state index contributed by atoms with van der Waals surface area (Å²) in [6, 6.07) is 5.03. The molecule has 162 valence electrons. The normalized spacial score (nSPS) is 17.0. The average Bonchev–Trinajstić information content (AvgIpc) is 3.12. The summed E-state index contributed by atoms with van der Waals surface area (Å²) in [7, 11) is 0. The van der Waals surface area contributed by atoms with Crippen LogP contribution in [0.2, 0.25) is 0 Å². The number of guanidine groups is 1. The number of carbonyl (C=O) groups excluding carboxylic acids is 4. The molecule has 3 rings (SSSR count). The molecule has 2 aliphatic heterocycles. The fourth-order valence-electron chi connectivity index (χ4n) is 3.27. The molecule has 2 heterocycles. The van der Waals surface area contributed by atoms with Gasteiger partial charge in [0.2, 0.25) is 11.9 Å². The molecular weight excluding hydrogens is 452 g/mol. The molecule has 0 spiro atoms. The van der Waals surface area contributed by atoms with Gasteiger partial charge in [0, 0.05) is 17.7 Å². The summed E-state index contributed by atoms with van der Waals surface area (Å²) in [6.07, 6.45) is 1.87. The number of carboxylic acid groups (broad SMARTS) is 2. The second-order valence-electron chi connectivity index (χ2n) is 7.06. The summed E-state index contributed by atoms with van der Waals surface area (Å²) in [5.41, 5.74) is 7.43. The van der Waals surface area contributed by atoms with Crippen molar-refractivity contribution < 1.29 is 88.5 Å². The van der Waals surface area contributed by atoms with E-state index in [2.05, 4.69) is 20.6 Å². The predicted molar refractivity (Wildman–Crippen MR) is 104 cm³/mol. The Morgan fingerprint density at radius 2 is 1.79 bits per heavy atom. The first-order valence-corrected chi connectivity index (χ1v) is 9.46. The topological polar surface area (TPSA) is 189 Å². The molecule has 4 N–H and O–H groups in total. The van der Waals surface area contributed by atoms with Crippen LogP contribution in [0, 0.1) is 5.92 Å². The van der Waals surface area contributed by atoms with Gasteiger partial charge in [-0.1, -0.05) is 12.1 Å². The maximum Gasteiger partial charge on any atom is 1.00 e. The first-order chi connectivity index (χ1) is 14.7. The van der Waals surface area contributed by atoms with E-state index < -0.39 is 36.2 Å². The number of amides is 2. The molecule has 0 saturated carbocycles. The standard InChI is InChI=1S/C20H21N5O6.2Na/c21-20-24-16-15(18(29)25-20)12(9-22-16)6-3-10-1-4-11(5-2-10)17(28)23-13(19(30)31)7-8-14(26)27;;/h1-2,4-5,9,13,15H,3,6-8H2,(H,23,28)(H,26,27)(H,30,31)(H3,21,22,24,25,29);;/q;2*+1/p-2/t13-,15?;;/m0../s1. The number of amidine groups is 1. The molecule has 0 saturated heterocycles. The van der Waals surface area contributed by atoms with Gasteiger partial charge in [-0.3, -0.25) is 14.9 Å². The number of carboxylic acids is 2. The quantitative estimate of drug-likeness (QED) is 0.298. The van der Waals surface area contributed by atoms with Gasteiger partial charge in [-0.25, -0.2) is 4.99 Å². The van der Waals surface area contributed by atoms with Crippen LogP contribution in [-0.2, 0) is 20.8 Å². The SMILES string of the molecule is NC1=NC2=NC=C(CCc3ccc(C(=O)N[C@@H](CCC(=O)[O-])C(=O)[O-])cc3)C2C(=O)N1.[Na+].[Na+]. The molecule has 13 heteroatoms. The number of carbonyl (C=O) groups is 4. The van der Waals surface area contributed by atoms with Crippen molar-refractivity contribution in [2.75, 3.05) is 0 Å². The van der Waals surface area contributed by atoms with Crippen molar-refractivity contribution in [3.63, 3.8) is 0 Å². The van der Waals surface area contributed by atoms with Crippen LogP contribution in [0.25, 0.3) is 0 Å². The van der Waals surface area contributed by atoms with Gasteiger partial charge in [0.1, 0.15) is 11.8 Å². The molecule has 0 bridgehead atoms. The third-order valence-electron chi connectivity index (χ3n) is 4.89. The first kappa shape index (κ1) is 29.0. The number of fused-ring (bicyclic) bond motifs is 1. The summed E-state index contributed by atoms with van der Waals surface area (Å²) < 4.78 is 0. The molecule has 1 aromatic rings. The fourth-order valence-corrected chi connectivity index (χ4v) is 3.27. The van der Waals surface area contributed by atoms with Crippen molar-refractivity contribution in [2.24, 2.45) is 21.6 Å². The van der Waals surface area contributed by atoms with E-state index in [0.717, 1.165) is 11.1 Å². The van der Waals surface area contributed by atoms with Crippen molar-refractivity contribution in [3.8, 4) is 0 Å². The van der Waals surface area contributed by atoms with Crippen molar-refractivity contribution in [1.29, 1.82) is 0 Å². The van der Waals surface area contributed by atoms with Crippen molar-refractivity contribution in [3.05, 3.63) is 47.2 Å². The summed E-state index contributed by atoms with van der Waals surface area (Å²) in [4.78, 5) is 54.1. The van der Waals surface area contributed by atoms with Crippen LogP contribution in [0.15, 0.2) is 46.0 Å². The zero-order chi connectivity index (χ0) is 22.5. The van der Waals surface area contributed by atoms with Crippen LogP contribution >= 0.6 is 0 Å². The summed E-state index contributed by atoms with van der Waals surface area (Å²) >= 11 is 0. The van der Waals surface area contributed by atoms with Gasteiger partial charge in [-0.2, -0.15) is 4.99 Å². The number of aryl methyl sites for hydroxylation is 1. The molecule has 2 aliphatic rings. The number of nitrogens with one attached hydrogen (secondary N) is 2.